The molecule has 0 fully saturated rings. The molecule has 3 rings (SSSR count). The first-order valence-electron chi connectivity index (χ1n) is 9.03. The van der Waals surface area contributed by atoms with Gasteiger partial charge in [-0.25, -0.2) is 4.98 Å². The van der Waals surface area contributed by atoms with Gasteiger partial charge < -0.3 is 14.8 Å². The fourth-order valence-corrected chi connectivity index (χ4v) is 2.67. The third kappa shape index (κ3) is 5.97. The Hall–Kier alpha value is -3.55. The number of aromatic nitrogens is 1. The molecule has 1 amide bonds. The van der Waals surface area contributed by atoms with Crippen LogP contribution in [0.1, 0.15) is 16.7 Å². The summed E-state index contributed by atoms with van der Waals surface area (Å²) in [6.45, 7) is 0.199. The number of nitrogens with one attached hydrogen (secondary N) is 1. The Bertz CT molecular complexity index is 1010. The minimum absolute atomic E-state index is 0.144. The van der Waals surface area contributed by atoms with Crippen LogP contribution in [-0.2, 0) is 23.9 Å². The van der Waals surface area contributed by atoms with Crippen molar-refractivity contribution in [2.75, 3.05) is 7.11 Å². The molecule has 5 nitrogen and oxygen atoms in total. The Labute approximate surface area is 171 Å². The molecule has 0 aliphatic heterocycles. The zero-order valence-electron chi connectivity index (χ0n) is 16.1. The van der Waals surface area contributed by atoms with E-state index in [-0.39, 0.29) is 18.9 Å². The minimum Gasteiger partial charge on any atom is -0.497 e. The van der Waals surface area contributed by atoms with Crippen LogP contribution in [-0.4, -0.2) is 18.0 Å². The molecule has 0 saturated heterocycles. The second-order valence-corrected chi connectivity index (χ2v) is 6.44. The van der Waals surface area contributed by atoms with Gasteiger partial charge in [0.1, 0.15) is 11.5 Å². The van der Waals surface area contributed by atoms with Crippen molar-refractivity contribution in [2.45, 2.75) is 19.1 Å². The number of hydrogen-bond acceptors (Lipinski definition) is 4. The molecule has 0 aliphatic rings. The smallest absolute Gasteiger partial charge is 0.416 e. The van der Waals surface area contributed by atoms with Crippen LogP contribution in [0.3, 0.4) is 0 Å². The number of carbonyl (C=O) groups excluding carboxylic acids is 1. The van der Waals surface area contributed by atoms with Crippen molar-refractivity contribution in [2.24, 2.45) is 0 Å². The van der Waals surface area contributed by atoms with E-state index in [1.54, 1.807) is 49.7 Å². The topological polar surface area (TPSA) is 60.5 Å². The number of alkyl halides is 3. The molecule has 8 heteroatoms. The van der Waals surface area contributed by atoms with Gasteiger partial charge >= 0.3 is 6.18 Å². The molecule has 1 N–H and O–H groups in total. The molecule has 3 aromatic rings. The van der Waals surface area contributed by atoms with Crippen LogP contribution < -0.4 is 14.8 Å². The van der Waals surface area contributed by atoms with Crippen molar-refractivity contribution < 1.29 is 27.4 Å². The number of nitrogens with zero attached hydrogens (tertiary/aromatic N) is 1. The summed E-state index contributed by atoms with van der Waals surface area (Å²) in [6.07, 6.45) is -3.03. The van der Waals surface area contributed by atoms with E-state index in [1.807, 2.05) is 0 Å². The first-order valence-corrected chi connectivity index (χ1v) is 9.03. The van der Waals surface area contributed by atoms with Gasteiger partial charge in [0.05, 0.1) is 19.1 Å². The van der Waals surface area contributed by atoms with Gasteiger partial charge in [0.15, 0.2) is 0 Å². The fraction of sp³-hybridized carbons (Fsp3) is 0.182. The summed E-state index contributed by atoms with van der Waals surface area (Å²) in [7, 11) is 1.56. The molecular formula is C22H19F3N2O3. The van der Waals surface area contributed by atoms with Crippen molar-refractivity contribution in [1.82, 2.24) is 10.3 Å². The van der Waals surface area contributed by atoms with Gasteiger partial charge in [0.2, 0.25) is 11.8 Å². The van der Waals surface area contributed by atoms with E-state index in [9.17, 15) is 18.0 Å². The summed E-state index contributed by atoms with van der Waals surface area (Å²) in [4.78, 5) is 16.3. The Morgan fingerprint density at radius 1 is 1.00 bits per heavy atom. The number of pyridine rings is 1. The highest BCUT2D eigenvalue weighted by Crippen LogP contribution is 2.29. The monoisotopic (exact) mass is 416 g/mol. The van der Waals surface area contributed by atoms with Crippen LogP contribution in [0.15, 0.2) is 66.9 Å². The lowest BCUT2D eigenvalue weighted by atomic mass is 10.1. The first-order chi connectivity index (χ1) is 14.3. The Morgan fingerprint density at radius 2 is 1.77 bits per heavy atom. The number of rotatable bonds is 7. The van der Waals surface area contributed by atoms with Gasteiger partial charge in [-0.05, 0) is 29.3 Å². The molecule has 30 heavy (non-hydrogen) atoms. The number of methoxy groups -OCH3 is 1. The highest BCUT2D eigenvalue weighted by Gasteiger charge is 2.30. The Kier molecular flexibility index (Phi) is 6.56. The number of hydrogen-bond donors (Lipinski definition) is 1. The molecule has 0 spiro atoms. The summed E-state index contributed by atoms with van der Waals surface area (Å²) in [5, 5.41) is 2.67. The first kappa shape index (κ1) is 21.2. The van der Waals surface area contributed by atoms with Crippen LogP contribution in [0, 0.1) is 0 Å². The molecular weight excluding hydrogens is 397 g/mol. The second-order valence-electron chi connectivity index (χ2n) is 6.44. The van der Waals surface area contributed by atoms with Crippen LogP contribution in [0.2, 0.25) is 0 Å². The van der Waals surface area contributed by atoms with Crippen molar-refractivity contribution in [3.63, 3.8) is 0 Å². The number of amides is 1. The van der Waals surface area contributed by atoms with E-state index in [4.69, 9.17) is 9.47 Å². The predicted octanol–water partition coefficient (Wildman–Crippen LogP) is 4.76. The maximum atomic E-state index is 12.8. The molecule has 1 heterocycles. The van der Waals surface area contributed by atoms with E-state index in [1.165, 1.54) is 12.1 Å². The van der Waals surface area contributed by atoms with Gasteiger partial charge in [-0.2, -0.15) is 13.2 Å². The lowest BCUT2D eigenvalue weighted by Crippen LogP contribution is -2.24. The Morgan fingerprint density at radius 3 is 2.47 bits per heavy atom. The number of halogens is 3. The lowest BCUT2D eigenvalue weighted by molar-refractivity contribution is -0.137. The number of benzene rings is 2. The highest BCUT2D eigenvalue weighted by atomic mass is 19.4. The molecule has 0 atom stereocenters. The Balaban J connectivity index is 1.53. The van der Waals surface area contributed by atoms with E-state index in [2.05, 4.69) is 10.3 Å². The summed E-state index contributed by atoms with van der Waals surface area (Å²) in [5.41, 5.74) is 0.247. The maximum absolute atomic E-state index is 12.8. The molecule has 1 aromatic heterocycles. The van der Waals surface area contributed by atoms with Crippen LogP contribution in [0.4, 0.5) is 13.2 Å². The van der Waals surface area contributed by atoms with E-state index < -0.39 is 11.7 Å². The molecule has 2 aromatic carbocycles. The average Bonchev–Trinajstić information content (AvgIpc) is 2.73. The SMILES string of the molecule is COc1cccc(Oc2ccc(CNC(=O)Cc3cccc(C(F)(F)F)c3)cn2)c1. The van der Waals surface area contributed by atoms with Crippen LogP contribution >= 0.6 is 0 Å². The standard InChI is InChI=1S/C22H19F3N2O3/c1-29-18-6-3-7-19(12-18)30-21-9-8-16(14-27-21)13-26-20(28)11-15-4-2-5-17(10-15)22(23,24)25/h2-10,12,14H,11,13H2,1H3,(H,26,28). The normalized spacial score (nSPS) is 11.1. The molecule has 0 bridgehead atoms. The molecule has 0 unspecified atom stereocenters. The molecule has 0 radical (unpaired) electrons. The third-order valence-corrected chi connectivity index (χ3v) is 4.17. The van der Waals surface area contributed by atoms with Gasteiger partial charge in [0.25, 0.3) is 0 Å². The quantitative estimate of drug-likeness (QED) is 0.603. The predicted molar refractivity (Wildman–Crippen MR) is 104 cm³/mol. The molecule has 0 saturated carbocycles. The van der Waals surface area contributed by atoms with Gasteiger partial charge in [0, 0.05) is 24.9 Å². The second kappa shape index (κ2) is 9.30. The summed E-state index contributed by atoms with van der Waals surface area (Å²) in [5.74, 6) is 1.23. The largest absolute Gasteiger partial charge is 0.497 e. The van der Waals surface area contributed by atoms with Gasteiger partial charge in [-0.3, -0.25) is 4.79 Å². The van der Waals surface area contributed by atoms with Gasteiger partial charge in [-0.1, -0.05) is 30.3 Å². The average molecular weight is 416 g/mol. The van der Waals surface area contributed by atoms with Crippen LogP contribution in [0.25, 0.3) is 0 Å². The minimum atomic E-state index is -4.44. The van der Waals surface area contributed by atoms with E-state index >= 15 is 0 Å². The van der Waals surface area contributed by atoms with Crippen molar-refractivity contribution >= 4 is 5.91 Å². The highest BCUT2D eigenvalue weighted by molar-refractivity contribution is 5.78. The van der Waals surface area contributed by atoms with Gasteiger partial charge in [-0.15, -0.1) is 0 Å². The lowest BCUT2D eigenvalue weighted by Gasteiger charge is -2.10. The van der Waals surface area contributed by atoms with Crippen LogP contribution in [0.5, 0.6) is 17.4 Å². The van der Waals surface area contributed by atoms with Crippen molar-refractivity contribution in [1.29, 1.82) is 0 Å². The zero-order chi connectivity index (χ0) is 21.6. The summed E-state index contributed by atoms with van der Waals surface area (Å²) < 4.78 is 49.1. The summed E-state index contributed by atoms with van der Waals surface area (Å²) in [6, 6.07) is 15.2. The van der Waals surface area contributed by atoms with E-state index in [0.717, 1.165) is 17.7 Å². The number of ether oxygens (including phenoxy) is 2. The fourth-order valence-electron chi connectivity index (χ4n) is 2.67. The molecule has 0 aliphatic carbocycles. The molecule has 156 valence electrons. The van der Waals surface area contributed by atoms with E-state index in [0.29, 0.717) is 22.9 Å². The number of carbonyl (C=O) groups is 1. The zero-order valence-corrected chi connectivity index (χ0v) is 16.1. The summed E-state index contributed by atoms with van der Waals surface area (Å²) >= 11 is 0. The van der Waals surface area contributed by atoms with Crippen molar-refractivity contribution in [3.8, 4) is 17.4 Å². The maximum Gasteiger partial charge on any atom is 0.416 e. The third-order valence-electron chi connectivity index (χ3n) is 4.17. The van der Waals surface area contributed by atoms with Crippen molar-refractivity contribution in [3.05, 3.63) is 83.6 Å².